The van der Waals surface area contributed by atoms with Gasteiger partial charge in [-0.3, -0.25) is 0 Å². The molecule has 0 radical (unpaired) electrons. The van der Waals surface area contributed by atoms with Crippen LogP contribution in [0.2, 0.25) is 0 Å². The van der Waals surface area contributed by atoms with E-state index in [-0.39, 0.29) is 0 Å². The largest absolute Gasteiger partial charge is 0.243 e. The molecule has 1 aliphatic rings. The lowest BCUT2D eigenvalue weighted by atomic mass is 10.1. The van der Waals surface area contributed by atoms with E-state index in [1.54, 1.807) is 6.08 Å². The normalized spacial score (nSPS) is 22.8. The molecular formula is C9H15F. The maximum absolute atomic E-state index is 12.2. The van der Waals surface area contributed by atoms with E-state index in [4.69, 9.17) is 0 Å². The molecule has 0 N–H and O–H groups in total. The molecule has 1 atom stereocenters. The molecule has 0 saturated carbocycles. The lowest BCUT2D eigenvalue weighted by Gasteiger charge is -2.03. The van der Waals surface area contributed by atoms with Crippen LogP contribution in [0.3, 0.4) is 0 Å². The van der Waals surface area contributed by atoms with Crippen molar-refractivity contribution in [2.45, 2.75) is 33.4 Å². The molecule has 1 rings (SSSR count). The molecule has 1 unspecified atom stereocenters. The summed E-state index contributed by atoms with van der Waals surface area (Å²) < 4.78 is 12.2. The molecule has 0 heterocycles. The van der Waals surface area contributed by atoms with E-state index < -0.39 is 6.17 Å². The van der Waals surface area contributed by atoms with E-state index in [9.17, 15) is 4.39 Å². The smallest absolute Gasteiger partial charge is 0.122 e. The minimum Gasteiger partial charge on any atom is -0.243 e. The lowest BCUT2D eigenvalue weighted by Crippen LogP contribution is -1.96. The van der Waals surface area contributed by atoms with Gasteiger partial charge in [0.25, 0.3) is 0 Å². The minimum absolute atomic E-state index is 0.558. The molecule has 0 amide bonds. The Balaban J connectivity index is 0.000000371. The molecule has 58 valence electrons. The van der Waals surface area contributed by atoms with Crippen LogP contribution in [0.1, 0.15) is 27.2 Å². The molecule has 0 spiro atoms. The zero-order valence-electron chi connectivity index (χ0n) is 6.89. The maximum atomic E-state index is 12.2. The van der Waals surface area contributed by atoms with E-state index in [0.717, 1.165) is 0 Å². The van der Waals surface area contributed by atoms with Crippen molar-refractivity contribution in [3.8, 4) is 0 Å². The highest BCUT2D eigenvalue weighted by Gasteiger charge is 2.01. The van der Waals surface area contributed by atoms with Crippen LogP contribution in [0, 0.1) is 0 Å². The van der Waals surface area contributed by atoms with Crippen molar-refractivity contribution in [2.24, 2.45) is 0 Å². The van der Waals surface area contributed by atoms with Crippen LogP contribution in [-0.2, 0) is 0 Å². The molecule has 0 fully saturated rings. The Morgan fingerprint density at radius 2 is 2.10 bits per heavy atom. The van der Waals surface area contributed by atoms with Gasteiger partial charge in [0.2, 0.25) is 0 Å². The zero-order chi connectivity index (χ0) is 7.98. The van der Waals surface area contributed by atoms with Gasteiger partial charge in [0.1, 0.15) is 6.17 Å². The van der Waals surface area contributed by atoms with Crippen molar-refractivity contribution in [1.29, 1.82) is 0 Å². The summed E-state index contributed by atoms with van der Waals surface area (Å²) in [7, 11) is 0. The molecule has 1 heteroatoms. The topological polar surface area (TPSA) is 0 Å². The van der Waals surface area contributed by atoms with Crippen molar-refractivity contribution >= 4 is 0 Å². The molecule has 10 heavy (non-hydrogen) atoms. The van der Waals surface area contributed by atoms with E-state index >= 15 is 0 Å². The standard InChI is InChI=1S/C7H9F.C2H6/c1-6-2-4-7(8)5-3-6;1-2/h2-4,7H,5H2,1H3;1-2H3. The summed E-state index contributed by atoms with van der Waals surface area (Å²) in [4.78, 5) is 0. The van der Waals surface area contributed by atoms with Crippen LogP contribution in [-0.4, -0.2) is 6.17 Å². The van der Waals surface area contributed by atoms with E-state index in [1.165, 1.54) is 5.57 Å². The average Bonchev–Trinajstić information content (AvgIpc) is 2.00. The number of alkyl halides is 1. The van der Waals surface area contributed by atoms with Gasteiger partial charge in [-0.15, -0.1) is 0 Å². The van der Waals surface area contributed by atoms with Gasteiger partial charge in [0.15, 0.2) is 0 Å². The molecule has 1 aliphatic carbocycles. The summed E-state index contributed by atoms with van der Waals surface area (Å²) in [5.41, 5.74) is 1.17. The lowest BCUT2D eigenvalue weighted by molar-refractivity contribution is 0.400. The fraction of sp³-hybridized carbons (Fsp3) is 0.556. The highest BCUT2D eigenvalue weighted by atomic mass is 19.1. The van der Waals surface area contributed by atoms with Crippen molar-refractivity contribution < 1.29 is 4.39 Å². The SMILES string of the molecule is CC.CC1=CCC(F)C=C1. The summed E-state index contributed by atoms with van der Waals surface area (Å²) in [5, 5.41) is 0. The second kappa shape index (κ2) is 5.21. The fourth-order valence-corrected chi connectivity index (χ4v) is 0.701. The van der Waals surface area contributed by atoms with Crippen molar-refractivity contribution in [3.05, 3.63) is 23.8 Å². The third-order valence-electron chi connectivity index (χ3n) is 1.23. The van der Waals surface area contributed by atoms with Crippen LogP contribution < -0.4 is 0 Å². The van der Waals surface area contributed by atoms with Gasteiger partial charge in [-0.05, 0) is 6.92 Å². The van der Waals surface area contributed by atoms with Crippen LogP contribution in [0.4, 0.5) is 4.39 Å². The summed E-state index contributed by atoms with van der Waals surface area (Å²) in [6.45, 7) is 5.97. The van der Waals surface area contributed by atoms with Crippen LogP contribution in [0.15, 0.2) is 23.8 Å². The molecule has 0 aromatic rings. The van der Waals surface area contributed by atoms with Gasteiger partial charge in [-0.2, -0.15) is 0 Å². The first-order chi connectivity index (χ1) is 4.79. The Bertz CT molecular complexity index is 134. The molecule has 0 bridgehead atoms. The van der Waals surface area contributed by atoms with E-state index in [1.807, 2.05) is 32.9 Å². The first kappa shape index (κ1) is 9.41. The molecule has 0 aromatic carbocycles. The predicted molar refractivity (Wildman–Crippen MR) is 43.8 cm³/mol. The van der Waals surface area contributed by atoms with Gasteiger partial charge in [-0.25, -0.2) is 4.39 Å². The minimum atomic E-state index is -0.737. The molecule has 0 aromatic heterocycles. The third kappa shape index (κ3) is 3.44. The fourth-order valence-electron chi connectivity index (χ4n) is 0.701. The summed E-state index contributed by atoms with van der Waals surface area (Å²) in [5.74, 6) is 0. The van der Waals surface area contributed by atoms with Crippen molar-refractivity contribution in [2.75, 3.05) is 0 Å². The molecular weight excluding hydrogens is 127 g/mol. The predicted octanol–water partition coefficient (Wildman–Crippen LogP) is 3.26. The van der Waals surface area contributed by atoms with Crippen molar-refractivity contribution in [1.82, 2.24) is 0 Å². The van der Waals surface area contributed by atoms with Gasteiger partial charge in [-0.1, -0.05) is 37.6 Å². The number of allylic oxidation sites excluding steroid dienone is 4. The Labute approximate surface area is 62.4 Å². The maximum Gasteiger partial charge on any atom is 0.122 e. The number of hydrogen-bond donors (Lipinski definition) is 0. The Morgan fingerprint density at radius 3 is 2.40 bits per heavy atom. The Hall–Kier alpha value is -0.590. The van der Waals surface area contributed by atoms with Crippen LogP contribution in [0.5, 0.6) is 0 Å². The van der Waals surface area contributed by atoms with Gasteiger partial charge < -0.3 is 0 Å². The van der Waals surface area contributed by atoms with Gasteiger partial charge in [0, 0.05) is 6.42 Å². The Morgan fingerprint density at radius 1 is 1.50 bits per heavy atom. The summed E-state index contributed by atoms with van der Waals surface area (Å²) in [6, 6.07) is 0. The molecule has 0 aliphatic heterocycles. The highest BCUT2D eigenvalue weighted by Crippen LogP contribution is 2.11. The van der Waals surface area contributed by atoms with Gasteiger partial charge >= 0.3 is 0 Å². The van der Waals surface area contributed by atoms with E-state index in [0.29, 0.717) is 6.42 Å². The number of hydrogen-bond acceptors (Lipinski definition) is 0. The first-order valence-electron chi connectivity index (χ1n) is 3.78. The third-order valence-corrected chi connectivity index (χ3v) is 1.23. The average molecular weight is 142 g/mol. The quantitative estimate of drug-likeness (QED) is 0.487. The Kier molecular flexibility index (Phi) is 4.91. The number of rotatable bonds is 0. The number of halogens is 1. The van der Waals surface area contributed by atoms with Crippen LogP contribution >= 0.6 is 0 Å². The molecule has 0 nitrogen and oxygen atoms in total. The van der Waals surface area contributed by atoms with Gasteiger partial charge in [0.05, 0.1) is 0 Å². The second-order valence-corrected chi connectivity index (χ2v) is 2.06. The van der Waals surface area contributed by atoms with E-state index in [2.05, 4.69) is 0 Å². The summed E-state index contributed by atoms with van der Waals surface area (Å²) in [6.07, 6.45) is 5.13. The first-order valence-corrected chi connectivity index (χ1v) is 3.78. The second-order valence-electron chi connectivity index (χ2n) is 2.06. The van der Waals surface area contributed by atoms with Crippen molar-refractivity contribution in [3.63, 3.8) is 0 Å². The highest BCUT2D eigenvalue weighted by molar-refractivity contribution is 5.21. The van der Waals surface area contributed by atoms with Crippen LogP contribution in [0.25, 0.3) is 0 Å². The summed E-state index contributed by atoms with van der Waals surface area (Å²) >= 11 is 0. The zero-order valence-corrected chi connectivity index (χ0v) is 6.89. The monoisotopic (exact) mass is 142 g/mol. The molecule has 0 saturated heterocycles.